The van der Waals surface area contributed by atoms with Crippen LogP contribution in [0.5, 0.6) is 0 Å². The van der Waals surface area contributed by atoms with Crippen LogP contribution in [0.25, 0.3) is 0 Å². The summed E-state index contributed by atoms with van der Waals surface area (Å²) in [7, 11) is 0. The molecule has 0 spiro atoms. The minimum Gasteiger partial charge on any atom is -0.546 e. The van der Waals surface area contributed by atoms with Crippen LogP contribution in [0.4, 0.5) is 0 Å². The van der Waals surface area contributed by atoms with Gasteiger partial charge in [0.2, 0.25) is 0 Å². The third-order valence-electron chi connectivity index (χ3n) is 0.831. The van der Waals surface area contributed by atoms with E-state index in [2.05, 4.69) is 9.47 Å². The summed E-state index contributed by atoms with van der Waals surface area (Å²) in [6, 6.07) is 0. The summed E-state index contributed by atoms with van der Waals surface area (Å²) in [5.41, 5.74) is 0. The van der Waals surface area contributed by atoms with Crippen LogP contribution in [0.1, 0.15) is 0 Å². The first-order valence-corrected chi connectivity index (χ1v) is 3.18. The van der Waals surface area contributed by atoms with Gasteiger partial charge in [0.1, 0.15) is 13.2 Å². The molecule has 0 aliphatic heterocycles. The van der Waals surface area contributed by atoms with E-state index in [1.54, 1.807) is 0 Å². The van der Waals surface area contributed by atoms with Gasteiger partial charge in [-0.05, 0) is 0 Å². The van der Waals surface area contributed by atoms with Crippen molar-refractivity contribution in [1.29, 1.82) is 0 Å². The Balaban J connectivity index is 3.52. The van der Waals surface area contributed by atoms with E-state index in [-0.39, 0.29) is 0 Å². The van der Waals surface area contributed by atoms with Gasteiger partial charge in [0.05, 0.1) is 5.97 Å². The molecule has 0 heterocycles. The van der Waals surface area contributed by atoms with Crippen molar-refractivity contribution in [3.8, 4) is 0 Å². The highest BCUT2D eigenvalue weighted by atomic mass is 16.6. The fourth-order valence-corrected chi connectivity index (χ4v) is 0.366. The van der Waals surface area contributed by atoms with Crippen molar-refractivity contribution < 1.29 is 34.1 Å². The Hall–Kier alpha value is -1.63. The Morgan fingerprint density at radius 3 is 2.08 bits per heavy atom. The zero-order chi connectivity index (χ0) is 10.3. The Bertz CT molecular complexity index is 209. The van der Waals surface area contributed by atoms with E-state index in [0.717, 1.165) is 0 Å². The Labute approximate surface area is 72.9 Å². The zero-order valence-corrected chi connectivity index (χ0v) is 6.52. The smallest absolute Gasteiger partial charge is 0.344 e. The van der Waals surface area contributed by atoms with Crippen LogP contribution < -0.4 is 5.11 Å². The van der Waals surface area contributed by atoms with Gasteiger partial charge in [-0.15, -0.1) is 0 Å². The summed E-state index contributed by atoms with van der Waals surface area (Å²) >= 11 is 0. The van der Waals surface area contributed by atoms with Gasteiger partial charge < -0.3 is 24.5 Å². The zero-order valence-electron chi connectivity index (χ0n) is 6.52. The quantitative estimate of drug-likeness (QED) is 0.455. The van der Waals surface area contributed by atoms with E-state index in [1.807, 2.05) is 0 Å². The highest BCUT2D eigenvalue weighted by Gasteiger charge is 2.06. The number of hydrogen-bond donors (Lipinski definition) is 1. The molecule has 1 N–H and O–H groups in total. The second-order valence-electron chi connectivity index (χ2n) is 1.85. The van der Waals surface area contributed by atoms with E-state index >= 15 is 0 Å². The number of carbonyl (C=O) groups excluding carboxylic acids is 3. The lowest BCUT2D eigenvalue weighted by atomic mass is 10.6. The third-order valence-corrected chi connectivity index (χ3v) is 0.831. The predicted molar refractivity (Wildman–Crippen MR) is 34.0 cm³/mol. The molecule has 0 saturated carbocycles. The van der Waals surface area contributed by atoms with E-state index in [9.17, 15) is 19.5 Å². The summed E-state index contributed by atoms with van der Waals surface area (Å²) < 4.78 is 8.15. The number of carboxylic acid groups (broad SMARTS) is 1. The van der Waals surface area contributed by atoms with Gasteiger partial charge in [-0.2, -0.15) is 0 Å². The van der Waals surface area contributed by atoms with E-state index < -0.39 is 37.7 Å². The second kappa shape index (κ2) is 5.95. The summed E-state index contributed by atoms with van der Waals surface area (Å²) in [4.78, 5) is 30.5. The summed E-state index contributed by atoms with van der Waals surface area (Å²) in [5.74, 6) is -3.57. The molecule has 0 aliphatic carbocycles. The summed E-state index contributed by atoms with van der Waals surface area (Å²) in [6.45, 7) is -2.48. The maximum absolute atomic E-state index is 10.5. The minimum absolute atomic E-state index is 0.729. The first-order chi connectivity index (χ1) is 6.06. The van der Waals surface area contributed by atoms with Gasteiger partial charge in [0.15, 0.2) is 6.61 Å². The number of carbonyl (C=O) groups is 3. The molecule has 7 nitrogen and oxygen atoms in total. The molecule has 0 aromatic carbocycles. The van der Waals surface area contributed by atoms with Crippen LogP contribution in [-0.2, 0) is 23.9 Å². The van der Waals surface area contributed by atoms with Gasteiger partial charge in [-0.25, -0.2) is 9.59 Å². The Morgan fingerprint density at radius 2 is 1.62 bits per heavy atom. The van der Waals surface area contributed by atoms with E-state index in [0.29, 0.717) is 0 Å². The highest BCUT2D eigenvalue weighted by molar-refractivity contribution is 5.78. The van der Waals surface area contributed by atoms with Crippen LogP contribution in [-0.4, -0.2) is 42.8 Å². The number of carboxylic acids is 1. The van der Waals surface area contributed by atoms with E-state index in [1.165, 1.54) is 0 Å². The minimum atomic E-state index is -1.55. The number of aliphatic hydroxyl groups excluding tert-OH is 1. The monoisotopic (exact) mass is 191 g/mol. The molecule has 13 heavy (non-hydrogen) atoms. The molecular weight excluding hydrogens is 184 g/mol. The molecule has 0 atom stereocenters. The lowest BCUT2D eigenvalue weighted by molar-refractivity contribution is -0.308. The van der Waals surface area contributed by atoms with Crippen molar-refractivity contribution in [3.05, 3.63) is 0 Å². The molecule has 0 bridgehead atoms. The lowest BCUT2D eigenvalue weighted by Crippen LogP contribution is -2.30. The summed E-state index contributed by atoms with van der Waals surface area (Å²) in [5, 5.41) is 17.9. The van der Waals surface area contributed by atoms with Crippen LogP contribution in [0.15, 0.2) is 0 Å². The fraction of sp³-hybridized carbons (Fsp3) is 0.500. The molecule has 7 heteroatoms. The largest absolute Gasteiger partial charge is 0.546 e. The number of aliphatic hydroxyl groups is 1. The van der Waals surface area contributed by atoms with Crippen molar-refractivity contribution in [2.24, 2.45) is 0 Å². The molecule has 0 aliphatic rings. The molecule has 0 rings (SSSR count). The van der Waals surface area contributed by atoms with Gasteiger partial charge in [-0.3, -0.25) is 0 Å². The molecule has 0 radical (unpaired) electrons. The van der Waals surface area contributed by atoms with Crippen molar-refractivity contribution >= 4 is 17.9 Å². The van der Waals surface area contributed by atoms with Crippen molar-refractivity contribution in [2.75, 3.05) is 19.8 Å². The molecule has 0 aromatic rings. The first kappa shape index (κ1) is 11.4. The van der Waals surface area contributed by atoms with Crippen LogP contribution >= 0.6 is 0 Å². The topological polar surface area (TPSA) is 113 Å². The SMILES string of the molecule is O=C([O-])COC(=O)COC(=O)CO. The van der Waals surface area contributed by atoms with Crippen molar-refractivity contribution in [3.63, 3.8) is 0 Å². The molecular formula is C6H7O7-. The van der Waals surface area contributed by atoms with Gasteiger partial charge in [0.25, 0.3) is 0 Å². The number of aliphatic carboxylic acids is 1. The molecule has 0 amide bonds. The van der Waals surface area contributed by atoms with Gasteiger partial charge in [-0.1, -0.05) is 0 Å². The highest BCUT2D eigenvalue weighted by Crippen LogP contribution is 1.82. The third kappa shape index (κ3) is 6.76. The fourth-order valence-electron chi connectivity index (χ4n) is 0.366. The lowest BCUT2D eigenvalue weighted by Gasteiger charge is -2.04. The Kier molecular flexibility index (Phi) is 5.20. The van der Waals surface area contributed by atoms with Gasteiger partial charge in [0, 0.05) is 0 Å². The second-order valence-corrected chi connectivity index (χ2v) is 1.85. The molecule has 0 saturated heterocycles. The summed E-state index contributed by atoms with van der Waals surface area (Å²) in [6.07, 6.45) is 0. The average Bonchev–Trinajstić information content (AvgIpc) is 2.10. The first-order valence-electron chi connectivity index (χ1n) is 3.18. The molecule has 74 valence electrons. The van der Waals surface area contributed by atoms with Crippen molar-refractivity contribution in [1.82, 2.24) is 0 Å². The van der Waals surface area contributed by atoms with Crippen LogP contribution in [0.3, 0.4) is 0 Å². The number of ether oxygens (including phenoxy) is 2. The maximum atomic E-state index is 10.5. The Morgan fingerprint density at radius 1 is 1.08 bits per heavy atom. The van der Waals surface area contributed by atoms with Crippen LogP contribution in [0.2, 0.25) is 0 Å². The average molecular weight is 191 g/mol. The standard InChI is InChI=1S/C6H8O7/c7-1-5(10)13-3-6(11)12-2-4(8)9/h7H,1-3H2,(H,8,9)/p-1. The maximum Gasteiger partial charge on any atom is 0.344 e. The van der Waals surface area contributed by atoms with E-state index in [4.69, 9.17) is 5.11 Å². The van der Waals surface area contributed by atoms with Gasteiger partial charge >= 0.3 is 11.9 Å². The number of rotatable bonds is 5. The molecule has 0 unspecified atom stereocenters. The predicted octanol–water partition coefficient (Wildman–Crippen LogP) is -3.18. The normalized spacial score (nSPS) is 9.00. The van der Waals surface area contributed by atoms with Crippen molar-refractivity contribution in [2.45, 2.75) is 0 Å². The number of hydrogen-bond acceptors (Lipinski definition) is 7. The van der Waals surface area contributed by atoms with Crippen LogP contribution in [0, 0.1) is 0 Å². The number of esters is 2. The molecule has 0 fully saturated rings. The molecule has 0 aromatic heterocycles.